The molecule has 0 spiro atoms. The number of carbonyl (C=O) groups is 1. The van der Waals surface area contributed by atoms with Crippen LogP contribution in [-0.2, 0) is 11.2 Å². The summed E-state index contributed by atoms with van der Waals surface area (Å²) in [6.07, 6.45) is 0.115. The van der Waals surface area contributed by atoms with E-state index in [2.05, 4.69) is 10.3 Å². The van der Waals surface area contributed by atoms with Crippen LogP contribution in [0.2, 0.25) is 0 Å². The van der Waals surface area contributed by atoms with Gasteiger partial charge >= 0.3 is 0 Å². The fourth-order valence-corrected chi connectivity index (χ4v) is 2.19. The smallest absolute Gasteiger partial charge is 0.234 e. The molecule has 1 aliphatic rings. The predicted molar refractivity (Wildman–Crippen MR) is 57.7 cm³/mol. The van der Waals surface area contributed by atoms with E-state index in [-0.39, 0.29) is 5.91 Å². The molecule has 1 N–H and O–H groups in total. The molecule has 0 bridgehead atoms. The topological polar surface area (TPSA) is 42.0 Å². The van der Waals surface area contributed by atoms with Gasteiger partial charge in [0, 0.05) is 0 Å². The second-order valence-electron chi connectivity index (χ2n) is 4.02. The first-order valence-corrected chi connectivity index (χ1v) is 5.83. The van der Waals surface area contributed by atoms with Crippen molar-refractivity contribution in [2.45, 2.75) is 32.9 Å². The first-order valence-electron chi connectivity index (χ1n) is 4.96. The van der Waals surface area contributed by atoms with Crippen molar-refractivity contribution in [2.75, 3.05) is 5.32 Å². The maximum Gasteiger partial charge on any atom is 0.234 e. The third kappa shape index (κ3) is 1.76. The monoisotopic (exact) mass is 228 g/mol. The van der Waals surface area contributed by atoms with Gasteiger partial charge in [-0.15, -0.1) is 11.3 Å². The highest BCUT2D eigenvalue weighted by molar-refractivity contribution is 7.14. The molecule has 5 heteroatoms. The van der Waals surface area contributed by atoms with E-state index in [1.807, 2.05) is 6.92 Å². The van der Waals surface area contributed by atoms with E-state index in [9.17, 15) is 9.18 Å². The number of halogens is 1. The molecule has 2 atom stereocenters. The zero-order chi connectivity index (χ0) is 11.1. The lowest BCUT2D eigenvalue weighted by molar-refractivity contribution is -0.121. The Bertz CT molecular complexity index is 393. The summed E-state index contributed by atoms with van der Waals surface area (Å²) in [5.74, 6) is -0.228. The lowest BCUT2D eigenvalue weighted by Crippen LogP contribution is -2.23. The Hall–Kier alpha value is -0.970. The SMILES string of the molecule is CCc1ncsc1NC(=O)C1(C)CC1F. The van der Waals surface area contributed by atoms with Gasteiger partial charge in [-0.05, 0) is 19.8 Å². The van der Waals surface area contributed by atoms with Crippen LogP contribution in [0.15, 0.2) is 5.51 Å². The van der Waals surface area contributed by atoms with Gasteiger partial charge < -0.3 is 5.32 Å². The van der Waals surface area contributed by atoms with E-state index in [0.29, 0.717) is 6.42 Å². The van der Waals surface area contributed by atoms with Crippen molar-refractivity contribution >= 4 is 22.2 Å². The molecule has 1 heterocycles. The van der Waals surface area contributed by atoms with E-state index >= 15 is 0 Å². The van der Waals surface area contributed by atoms with Crippen LogP contribution < -0.4 is 5.32 Å². The lowest BCUT2D eigenvalue weighted by Gasteiger charge is -2.08. The molecule has 1 aromatic heterocycles. The van der Waals surface area contributed by atoms with Crippen molar-refractivity contribution in [1.82, 2.24) is 4.98 Å². The average Bonchev–Trinajstić information content (AvgIpc) is 2.65. The minimum absolute atomic E-state index is 0.228. The highest BCUT2D eigenvalue weighted by Crippen LogP contribution is 2.49. The molecule has 0 saturated heterocycles. The first kappa shape index (κ1) is 10.5. The second-order valence-corrected chi connectivity index (χ2v) is 4.88. The zero-order valence-electron chi connectivity index (χ0n) is 8.71. The summed E-state index contributed by atoms with van der Waals surface area (Å²) in [4.78, 5) is 15.8. The van der Waals surface area contributed by atoms with Gasteiger partial charge in [-0.25, -0.2) is 9.37 Å². The molecule has 1 aliphatic carbocycles. The third-order valence-electron chi connectivity index (χ3n) is 2.86. The maximum atomic E-state index is 12.9. The van der Waals surface area contributed by atoms with Gasteiger partial charge in [0.1, 0.15) is 11.2 Å². The van der Waals surface area contributed by atoms with Gasteiger partial charge in [0.05, 0.1) is 16.6 Å². The molecule has 2 rings (SSSR count). The van der Waals surface area contributed by atoms with Gasteiger partial charge in [0.2, 0.25) is 5.91 Å². The van der Waals surface area contributed by atoms with Crippen LogP contribution in [0, 0.1) is 5.41 Å². The molecule has 1 saturated carbocycles. The van der Waals surface area contributed by atoms with Crippen molar-refractivity contribution < 1.29 is 9.18 Å². The normalized spacial score (nSPS) is 28.9. The Morgan fingerprint density at radius 1 is 1.87 bits per heavy atom. The Balaban J connectivity index is 2.07. The molecule has 1 fully saturated rings. The van der Waals surface area contributed by atoms with Crippen molar-refractivity contribution in [2.24, 2.45) is 5.41 Å². The number of nitrogens with zero attached hydrogens (tertiary/aromatic N) is 1. The largest absolute Gasteiger partial charge is 0.316 e. The van der Waals surface area contributed by atoms with Gasteiger partial charge in [-0.1, -0.05) is 6.92 Å². The van der Waals surface area contributed by atoms with E-state index < -0.39 is 11.6 Å². The summed E-state index contributed by atoms with van der Waals surface area (Å²) >= 11 is 1.38. The Morgan fingerprint density at radius 2 is 2.53 bits per heavy atom. The lowest BCUT2D eigenvalue weighted by atomic mass is 10.1. The molecule has 82 valence electrons. The van der Waals surface area contributed by atoms with E-state index in [1.165, 1.54) is 11.3 Å². The van der Waals surface area contributed by atoms with Crippen LogP contribution >= 0.6 is 11.3 Å². The summed E-state index contributed by atoms with van der Waals surface area (Å²) in [5.41, 5.74) is 1.75. The van der Waals surface area contributed by atoms with Gasteiger partial charge in [0.25, 0.3) is 0 Å². The Kier molecular flexibility index (Phi) is 2.50. The number of anilines is 1. The predicted octanol–water partition coefficient (Wildman–Crippen LogP) is 2.39. The average molecular weight is 228 g/mol. The number of aromatic nitrogens is 1. The molecule has 0 aromatic carbocycles. The zero-order valence-corrected chi connectivity index (χ0v) is 9.53. The minimum atomic E-state index is -0.990. The molecule has 1 aromatic rings. The molecule has 0 aliphatic heterocycles. The van der Waals surface area contributed by atoms with Crippen LogP contribution in [-0.4, -0.2) is 17.1 Å². The highest BCUT2D eigenvalue weighted by Gasteiger charge is 2.57. The van der Waals surface area contributed by atoms with Crippen LogP contribution in [0.3, 0.4) is 0 Å². The standard InChI is InChI=1S/C10H13FN2OS/c1-3-6-8(15-5-12-6)13-9(14)10(2)4-7(10)11/h5,7H,3-4H2,1-2H3,(H,13,14). The Labute approximate surface area is 91.7 Å². The molecule has 15 heavy (non-hydrogen) atoms. The van der Waals surface area contributed by atoms with Crippen LogP contribution in [0.25, 0.3) is 0 Å². The molecule has 1 amide bonds. The number of amides is 1. The minimum Gasteiger partial charge on any atom is -0.316 e. The fraction of sp³-hybridized carbons (Fsp3) is 0.600. The van der Waals surface area contributed by atoms with E-state index in [4.69, 9.17) is 0 Å². The summed E-state index contributed by atoms with van der Waals surface area (Å²) < 4.78 is 12.9. The highest BCUT2D eigenvalue weighted by atomic mass is 32.1. The van der Waals surface area contributed by atoms with Crippen molar-refractivity contribution in [3.63, 3.8) is 0 Å². The number of rotatable bonds is 3. The first-order chi connectivity index (χ1) is 7.08. The Morgan fingerprint density at radius 3 is 3.07 bits per heavy atom. The van der Waals surface area contributed by atoms with Gasteiger partial charge in [0.15, 0.2) is 0 Å². The van der Waals surface area contributed by atoms with Gasteiger partial charge in [-0.3, -0.25) is 4.79 Å². The van der Waals surface area contributed by atoms with Crippen LogP contribution in [0.1, 0.15) is 26.0 Å². The molecular weight excluding hydrogens is 215 g/mol. The number of aryl methyl sites for hydroxylation is 1. The molecule has 2 unspecified atom stereocenters. The number of hydrogen-bond donors (Lipinski definition) is 1. The van der Waals surface area contributed by atoms with Crippen LogP contribution in [0.4, 0.5) is 9.39 Å². The number of hydrogen-bond acceptors (Lipinski definition) is 3. The van der Waals surface area contributed by atoms with Crippen molar-refractivity contribution in [1.29, 1.82) is 0 Å². The molecule has 0 radical (unpaired) electrons. The number of carbonyl (C=O) groups excluding carboxylic acids is 1. The van der Waals surface area contributed by atoms with Gasteiger partial charge in [-0.2, -0.15) is 0 Å². The maximum absolute atomic E-state index is 12.9. The van der Waals surface area contributed by atoms with Crippen molar-refractivity contribution in [3.05, 3.63) is 11.2 Å². The van der Waals surface area contributed by atoms with E-state index in [1.54, 1.807) is 12.4 Å². The summed E-state index contributed by atoms with van der Waals surface area (Å²) in [5, 5.41) is 3.50. The van der Waals surface area contributed by atoms with Crippen LogP contribution in [0.5, 0.6) is 0 Å². The summed E-state index contributed by atoms with van der Waals surface area (Å²) in [6, 6.07) is 0. The number of thiazole rings is 1. The van der Waals surface area contributed by atoms with Crippen molar-refractivity contribution in [3.8, 4) is 0 Å². The number of alkyl halides is 1. The molecular formula is C10H13FN2OS. The van der Waals surface area contributed by atoms with E-state index in [0.717, 1.165) is 17.1 Å². The molecule has 3 nitrogen and oxygen atoms in total. The summed E-state index contributed by atoms with van der Waals surface area (Å²) in [7, 11) is 0. The summed E-state index contributed by atoms with van der Waals surface area (Å²) in [6.45, 7) is 3.63. The fourth-order valence-electron chi connectivity index (χ4n) is 1.42. The second kappa shape index (κ2) is 3.56. The third-order valence-corrected chi connectivity index (χ3v) is 3.64. The quantitative estimate of drug-likeness (QED) is 0.863. The number of nitrogens with one attached hydrogen (secondary N) is 1.